The average Bonchev–Trinajstić information content (AvgIpc) is 3.07. The molecule has 108 valence electrons. The Labute approximate surface area is 125 Å². The fourth-order valence-corrected chi connectivity index (χ4v) is 4.87. The maximum Gasteiger partial charge on any atom is 0.327 e. The van der Waals surface area contributed by atoms with E-state index in [4.69, 9.17) is 0 Å². The highest BCUT2D eigenvalue weighted by molar-refractivity contribution is 7.99. The molecule has 0 saturated carbocycles. The highest BCUT2D eigenvalue weighted by Gasteiger charge is 2.39. The van der Waals surface area contributed by atoms with Crippen LogP contribution in [0.15, 0.2) is 11.4 Å². The molecule has 0 aromatic carbocycles. The highest BCUT2D eigenvalue weighted by Crippen LogP contribution is 2.34. The van der Waals surface area contributed by atoms with Crippen LogP contribution < -0.4 is 0 Å². The third kappa shape index (κ3) is 2.18. The number of hydrogen-bond acceptors (Lipinski definition) is 4. The van der Waals surface area contributed by atoms with Crippen LogP contribution in [0.2, 0.25) is 0 Å². The summed E-state index contributed by atoms with van der Waals surface area (Å²) in [6.07, 6.45) is 0.863. The van der Waals surface area contributed by atoms with Gasteiger partial charge in [0.05, 0.1) is 11.9 Å². The first kappa shape index (κ1) is 13.8. The molecule has 2 aliphatic rings. The van der Waals surface area contributed by atoms with Gasteiger partial charge < -0.3 is 14.9 Å². The molecular formula is C13H16N2O3S2. The molecule has 1 aromatic heterocycles. The summed E-state index contributed by atoms with van der Waals surface area (Å²) in [5, 5.41) is 11.3. The van der Waals surface area contributed by atoms with Gasteiger partial charge in [-0.3, -0.25) is 0 Å². The molecule has 3 rings (SSSR count). The van der Waals surface area contributed by atoms with Gasteiger partial charge in [0.15, 0.2) is 0 Å². The monoisotopic (exact) mass is 312 g/mol. The second-order valence-electron chi connectivity index (χ2n) is 5.02. The molecule has 20 heavy (non-hydrogen) atoms. The number of aliphatic carboxylic acids is 1. The number of amides is 2. The van der Waals surface area contributed by atoms with Gasteiger partial charge in [0.1, 0.15) is 6.04 Å². The van der Waals surface area contributed by atoms with Crippen LogP contribution in [-0.2, 0) is 11.2 Å². The standard InChI is InChI=1S/C13H16N2O3S2/c1-8-9-3-5-20-11(9)2-4-14(8)13(18)15-7-19-6-10(15)12(16)17/h3,5,8,10H,2,4,6-7H2,1H3,(H,16,17). The van der Waals surface area contributed by atoms with Gasteiger partial charge in [-0.1, -0.05) is 0 Å². The zero-order chi connectivity index (χ0) is 14.3. The molecule has 0 radical (unpaired) electrons. The number of carbonyl (C=O) groups is 2. The van der Waals surface area contributed by atoms with E-state index in [1.807, 2.05) is 6.92 Å². The second kappa shape index (κ2) is 5.29. The van der Waals surface area contributed by atoms with E-state index in [2.05, 4.69) is 11.4 Å². The van der Waals surface area contributed by atoms with Crippen molar-refractivity contribution in [2.75, 3.05) is 18.2 Å². The van der Waals surface area contributed by atoms with Gasteiger partial charge in [0.2, 0.25) is 0 Å². The molecule has 0 bridgehead atoms. The summed E-state index contributed by atoms with van der Waals surface area (Å²) in [4.78, 5) is 28.5. The van der Waals surface area contributed by atoms with Crippen LogP contribution in [-0.4, -0.2) is 51.1 Å². The van der Waals surface area contributed by atoms with Crippen LogP contribution in [0.1, 0.15) is 23.4 Å². The van der Waals surface area contributed by atoms with Crippen molar-refractivity contribution in [1.29, 1.82) is 0 Å². The molecule has 0 spiro atoms. The minimum Gasteiger partial charge on any atom is -0.480 e. The molecule has 2 amide bonds. The first-order valence-corrected chi connectivity index (χ1v) is 8.57. The number of fused-ring (bicyclic) bond motifs is 1. The number of rotatable bonds is 1. The van der Waals surface area contributed by atoms with Gasteiger partial charge in [-0.15, -0.1) is 23.1 Å². The fraction of sp³-hybridized carbons (Fsp3) is 0.538. The Morgan fingerprint density at radius 1 is 1.40 bits per heavy atom. The quantitative estimate of drug-likeness (QED) is 0.864. The summed E-state index contributed by atoms with van der Waals surface area (Å²) < 4.78 is 0. The number of nitrogens with zero attached hydrogens (tertiary/aromatic N) is 2. The number of thioether (sulfide) groups is 1. The van der Waals surface area contributed by atoms with Gasteiger partial charge in [-0.25, -0.2) is 9.59 Å². The lowest BCUT2D eigenvalue weighted by Crippen LogP contribution is -2.50. The molecule has 7 heteroatoms. The highest BCUT2D eigenvalue weighted by atomic mass is 32.2. The smallest absolute Gasteiger partial charge is 0.327 e. The average molecular weight is 312 g/mol. The Morgan fingerprint density at radius 2 is 2.20 bits per heavy atom. The van der Waals surface area contributed by atoms with Crippen molar-refractivity contribution in [1.82, 2.24) is 9.80 Å². The third-order valence-corrected chi connectivity index (χ3v) is 5.94. The summed E-state index contributed by atoms with van der Waals surface area (Å²) >= 11 is 3.23. The number of carboxylic acid groups (broad SMARTS) is 1. The van der Waals surface area contributed by atoms with Crippen LogP contribution in [0.5, 0.6) is 0 Å². The lowest BCUT2D eigenvalue weighted by atomic mass is 10.0. The summed E-state index contributed by atoms with van der Waals surface area (Å²) in [6, 6.07) is 1.25. The first-order chi connectivity index (χ1) is 9.59. The molecule has 2 atom stereocenters. The second-order valence-corrected chi connectivity index (χ2v) is 7.03. The molecule has 2 aliphatic heterocycles. The molecule has 0 aliphatic carbocycles. The molecule has 1 N–H and O–H groups in total. The van der Waals surface area contributed by atoms with Crippen LogP contribution in [0, 0.1) is 0 Å². The number of carboxylic acids is 1. The third-order valence-electron chi connectivity index (χ3n) is 3.94. The fourth-order valence-electron chi connectivity index (χ4n) is 2.77. The Kier molecular flexibility index (Phi) is 3.64. The summed E-state index contributed by atoms with van der Waals surface area (Å²) in [6.45, 7) is 2.68. The SMILES string of the molecule is CC1c2ccsc2CCN1C(=O)N1CSCC1C(=O)O. The number of thiophene rings is 1. The Morgan fingerprint density at radius 3 is 2.95 bits per heavy atom. The van der Waals surface area contributed by atoms with Crippen molar-refractivity contribution >= 4 is 35.1 Å². The van der Waals surface area contributed by atoms with Gasteiger partial charge in [0, 0.05) is 17.2 Å². The molecule has 1 saturated heterocycles. The molecule has 1 fully saturated rings. The Bertz CT molecular complexity index is 545. The normalized spacial score (nSPS) is 25.6. The molecular weight excluding hydrogens is 296 g/mol. The van der Waals surface area contributed by atoms with Crippen molar-refractivity contribution in [2.45, 2.75) is 25.4 Å². The lowest BCUT2D eigenvalue weighted by molar-refractivity contribution is -0.141. The number of hydrogen-bond donors (Lipinski definition) is 1. The summed E-state index contributed by atoms with van der Waals surface area (Å²) in [5.74, 6) is 0.0342. The van der Waals surface area contributed by atoms with Crippen molar-refractivity contribution < 1.29 is 14.7 Å². The number of carbonyl (C=O) groups excluding carboxylic acids is 1. The zero-order valence-electron chi connectivity index (χ0n) is 11.1. The summed E-state index contributed by atoms with van der Waals surface area (Å²) in [5.41, 5.74) is 1.20. The van der Waals surface area contributed by atoms with Gasteiger partial charge in [-0.2, -0.15) is 0 Å². The minimum absolute atomic E-state index is 0.0255. The molecule has 2 unspecified atom stereocenters. The van der Waals surface area contributed by atoms with E-state index >= 15 is 0 Å². The van der Waals surface area contributed by atoms with Gasteiger partial charge >= 0.3 is 12.0 Å². The van der Waals surface area contributed by atoms with E-state index in [9.17, 15) is 14.7 Å². The van der Waals surface area contributed by atoms with E-state index in [-0.39, 0.29) is 12.1 Å². The van der Waals surface area contributed by atoms with Crippen LogP contribution in [0.25, 0.3) is 0 Å². The molecule has 3 heterocycles. The van der Waals surface area contributed by atoms with E-state index < -0.39 is 12.0 Å². The van der Waals surface area contributed by atoms with E-state index in [0.717, 1.165) is 6.42 Å². The minimum atomic E-state index is -0.913. The predicted octanol–water partition coefficient (Wildman–Crippen LogP) is 2.25. The lowest BCUT2D eigenvalue weighted by Gasteiger charge is -2.37. The number of urea groups is 1. The van der Waals surface area contributed by atoms with E-state index in [0.29, 0.717) is 18.2 Å². The van der Waals surface area contributed by atoms with Gasteiger partial charge in [0.25, 0.3) is 0 Å². The van der Waals surface area contributed by atoms with Crippen LogP contribution in [0.4, 0.5) is 4.79 Å². The predicted molar refractivity (Wildman–Crippen MR) is 79.1 cm³/mol. The van der Waals surface area contributed by atoms with E-state index in [1.165, 1.54) is 27.1 Å². The summed E-state index contributed by atoms with van der Waals surface area (Å²) in [7, 11) is 0. The maximum absolute atomic E-state index is 12.6. The molecule has 5 nitrogen and oxygen atoms in total. The Hall–Kier alpha value is -1.21. The topological polar surface area (TPSA) is 60.9 Å². The van der Waals surface area contributed by atoms with Crippen molar-refractivity contribution in [3.05, 3.63) is 21.9 Å². The van der Waals surface area contributed by atoms with Crippen molar-refractivity contribution in [3.8, 4) is 0 Å². The van der Waals surface area contributed by atoms with Crippen LogP contribution in [0.3, 0.4) is 0 Å². The van der Waals surface area contributed by atoms with E-state index in [1.54, 1.807) is 16.2 Å². The van der Waals surface area contributed by atoms with Crippen molar-refractivity contribution in [3.63, 3.8) is 0 Å². The van der Waals surface area contributed by atoms with Crippen LogP contribution >= 0.6 is 23.1 Å². The largest absolute Gasteiger partial charge is 0.480 e. The van der Waals surface area contributed by atoms with Crippen molar-refractivity contribution in [2.24, 2.45) is 0 Å². The maximum atomic E-state index is 12.6. The first-order valence-electron chi connectivity index (χ1n) is 6.53. The van der Waals surface area contributed by atoms with Gasteiger partial charge in [-0.05, 0) is 30.4 Å². The zero-order valence-corrected chi connectivity index (χ0v) is 12.7. The molecule has 1 aromatic rings. The Balaban J connectivity index is 1.80.